The molecule has 1 aliphatic heterocycles. The molecule has 2 aromatic rings. The molecule has 4 heteroatoms. The number of rotatable bonds is 1. The molecule has 0 saturated heterocycles. The molecule has 0 amide bonds. The van der Waals surface area contributed by atoms with Gasteiger partial charge in [-0.2, -0.15) is 0 Å². The van der Waals surface area contributed by atoms with E-state index >= 15 is 0 Å². The normalized spacial score (nSPS) is 12.3. The van der Waals surface area contributed by atoms with Crippen LogP contribution < -0.4 is 9.47 Å². The summed E-state index contributed by atoms with van der Waals surface area (Å²) in [5.74, 6) is 3.34. The number of fused-ring (bicyclic) bond motifs is 1. The maximum atomic E-state index is 13.4. The summed E-state index contributed by atoms with van der Waals surface area (Å²) in [6, 6.07) is 7.72. The second-order valence-corrected chi connectivity index (χ2v) is 4.49. The summed E-state index contributed by atoms with van der Waals surface area (Å²) in [5, 5.41) is 0.315. The summed E-state index contributed by atoms with van der Waals surface area (Å²) in [6.45, 7) is 0.159. The van der Waals surface area contributed by atoms with Crippen LogP contribution in [0.15, 0.2) is 30.3 Å². The van der Waals surface area contributed by atoms with Gasteiger partial charge in [0, 0.05) is 22.2 Å². The van der Waals surface area contributed by atoms with Crippen LogP contribution in [0.3, 0.4) is 0 Å². The zero-order chi connectivity index (χ0) is 13.4. The highest BCUT2D eigenvalue weighted by Gasteiger charge is 2.17. The van der Waals surface area contributed by atoms with E-state index in [0.717, 1.165) is 0 Å². The molecular formula is C15H8ClFO2. The van der Waals surface area contributed by atoms with Crippen LogP contribution in [0.25, 0.3) is 11.1 Å². The van der Waals surface area contributed by atoms with Gasteiger partial charge in [0.25, 0.3) is 0 Å². The molecule has 0 fully saturated rings. The van der Waals surface area contributed by atoms with Gasteiger partial charge in [-0.3, -0.25) is 0 Å². The lowest BCUT2D eigenvalue weighted by Gasteiger charge is -2.08. The summed E-state index contributed by atoms with van der Waals surface area (Å²) in [5.41, 5.74) is 1.90. The number of ether oxygens (including phenoxy) is 2. The third-order valence-corrected chi connectivity index (χ3v) is 3.06. The van der Waals surface area contributed by atoms with E-state index in [1.165, 1.54) is 12.1 Å². The molecule has 1 heterocycles. The minimum absolute atomic E-state index is 0.159. The SMILES string of the molecule is C#Cc1cc2c(cc1-c1cc(F)cc(Cl)c1)OCO2. The Labute approximate surface area is 114 Å². The smallest absolute Gasteiger partial charge is 0.231 e. The molecule has 0 saturated carbocycles. The van der Waals surface area contributed by atoms with Crippen molar-refractivity contribution < 1.29 is 13.9 Å². The van der Waals surface area contributed by atoms with Crippen LogP contribution in [0.2, 0.25) is 5.02 Å². The third kappa shape index (κ3) is 2.11. The number of halogens is 2. The van der Waals surface area contributed by atoms with E-state index in [-0.39, 0.29) is 6.79 Å². The first-order valence-electron chi connectivity index (χ1n) is 5.54. The molecule has 19 heavy (non-hydrogen) atoms. The van der Waals surface area contributed by atoms with Crippen molar-refractivity contribution in [3.05, 3.63) is 46.7 Å². The van der Waals surface area contributed by atoms with Crippen molar-refractivity contribution in [3.8, 4) is 35.0 Å². The maximum absolute atomic E-state index is 13.4. The van der Waals surface area contributed by atoms with Gasteiger partial charge >= 0.3 is 0 Å². The lowest BCUT2D eigenvalue weighted by molar-refractivity contribution is 0.174. The van der Waals surface area contributed by atoms with Gasteiger partial charge in [-0.05, 0) is 29.8 Å². The van der Waals surface area contributed by atoms with Crippen molar-refractivity contribution >= 4 is 11.6 Å². The Kier molecular flexibility index (Phi) is 2.81. The molecule has 0 bridgehead atoms. The second kappa shape index (κ2) is 4.49. The minimum Gasteiger partial charge on any atom is -0.454 e. The first-order chi connectivity index (χ1) is 9.17. The van der Waals surface area contributed by atoms with Crippen LogP contribution in [-0.2, 0) is 0 Å². The highest BCUT2D eigenvalue weighted by atomic mass is 35.5. The van der Waals surface area contributed by atoms with Gasteiger partial charge in [-0.25, -0.2) is 4.39 Å². The average molecular weight is 275 g/mol. The summed E-state index contributed by atoms with van der Waals surface area (Å²) >= 11 is 5.87. The van der Waals surface area contributed by atoms with Crippen LogP contribution in [0.1, 0.15) is 5.56 Å². The van der Waals surface area contributed by atoms with E-state index in [9.17, 15) is 4.39 Å². The van der Waals surface area contributed by atoms with E-state index in [4.69, 9.17) is 27.5 Å². The molecule has 0 radical (unpaired) electrons. The summed E-state index contributed by atoms with van der Waals surface area (Å²) in [6.07, 6.45) is 5.49. The van der Waals surface area contributed by atoms with Gasteiger partial charge in [-0.15, -0.1) is 6.42 Å². The van der Waals surface area contributed by atoms with Gasteiger partial charge in [0.15, 0.2) is 11.5 Å². The van der Waals surface area contributed by atoms with Gasteiger partial charge in [0.2, 0.25) is 6.79 Å². The first-order valence-corrected chi connectivity index (χ1v) is 5.92. The molecule has 0 atom stereocenters. The zero-order valence-corrected chi connectivity index (χ0v) is 10.5. The Morgan fingerprint density at radius 2 is 1.84 bits per heavy atom. The molecule has 2 aromatic carbocycles. The molecule has 3 rings (SSSR count). The van der Waals surface area contributed by atoms with Gasteiger partial charge in [-0.1, -0.05) is 17.5 Å². The van der Waals surface area contributed by atoms with E-state index in [0.29, 0.717) is 33.2 Å². The van der Waals surface area contributed by atoms with Crippen molar-refractivity contribution in [1.82, 2.24) is 0 Å². The summed E-state index contributed by atoms with van der Waals surface area (Å²) < 4.78 is 24.0. The van der Waals surface area contributed by atoms with Crippen LogP contribution in [0.4, 0.5) is 4.39 Å². The van der Waals surface area contributed by atoms with E-state index in [2.05, 4.69) is 5.92 Å². The van der Waals surface area contributed by atoms with Crippen molar-refractivity contribution in [2.45, 2.75) is 0 Å². The topological polar surface area (TPSA) is 18.5 Å². The predicted molar refractivity (Wildman–Crippen MR) is 70.9 cm³/mol. The quantitative estimate of drug-likeness (QED) is 0.735. The maximum Gasteiger partial charge on any atom is 0.231 e. The average Bonchev–Trinajstić information content (AvgIpc) is 2.83. The van der Waals surface area contributed by atoms with Crippen LogP contribution in [-0.4, -0.2) is 6.79 Å². The lowest BCUT2D eigenvalue weighted by Crippen LogP contribution is -1.92. The molecule has 0 spiro atoms. The number of hydrogen-bond donors (Lipinski definition) is 0. The summed E-state index contributed by atoms with van der Waals surface area (Å²) in [4.78, 5) is 0. The highest BCUT2D eigenvalue weighted by Crippen LogP contribution is 2.39. The second-order valence-electron chi connectivity index (χ2n) is 4.05. The highest BCUT2D eigenvalue weighted by molar-refractivity contribution is 6.30. The van der Waals surface area contributed by atoms with Crippen molar-refractivity contribution in [1.29, 1.82) is 0 Å². The molecule has 0 N–H and O–H groups in total. The first kappa shape index (κ1) is 11.9. The van der Waals surface area contributed by atoms with Crippen molar-refractivity contribution in [2.24, 2.45) is 0 Å². The van der Waals surface area contributed by atoms with Crippen LogP contribution >= 0.6 is 11.6 Å². The van der Waals surface area contributed by atoms with Gasteiger partial charge in [0.1, 0.15) is 5.82 Å². The Morgan fingerprint density at radius 1 is 1.11 bits per heavy atom. The van der Waals surface area contributed by atoms with Crippen LogP contribution in [0, 0.1) is 18.2 Å². The molecule has 0 aromatic heterocycles. The van der Waals surface area contributed by atoms with E-state index < -0.39 is 5.82 Å². The number of benzene rings is 2. The Bertz CT molecular complexity index is 684. The molecule has 2 nitrogen and oxygen atoms in total. The Hall–Kier alpha value is -2.18. The standard InChI is InChI=1S/C15H8ClFO2/c1-2-9-5-14-15(19-8-18-14)7-13(9)10-3-11(16)6-12(17)4-10/h1,3-7H,8H2. The monoisotopic (exact) mass is 274 g/mol. The summed E-state index contributed by atoms with van der Waals surface area (Å²) in [7, 11) is 0. The fourth-order valence-electron chi connectivity index (χ4n) is 2.01. The van der Waals surface area contributed by atoms with Crippen LogP contribution in [0.5, 0.6) is 11.5 Å². The molecule has 94 valence electrons. The Morgan fingerprint density at radius 3 is 2.53 bits per heavy atom. The van der Waals surface area contributed by atoms with E-state index in [1.807, 2.05) is 0 Å². The molecular weight excluding hydrogens is 267 g/mol. The largest absolute Gasteiger partial charge is 0.454 e. The minimum atomic E-state index is -0.414. The zero-order valence-electron chi connectivity index (χ0n) is 9.74. The van der Waals surface area contributed by atoms with Gasteiger partial charge in [0.05, 0.1) is 0 Å². The number of terminal acetylenes is 1. The van der Waals surface area contributed by atoms with Crippen molar-refractivity contribution in [3.63, 3.8) is 0 Å². The number of hydrogen-bond acceptors (Lipinski definition) is 2. The fraction of sp³-hybridized carbons (Fsp3) is 0.0667. The third-order valence-electron chi connectivity index (χ3n) is 2.84. The fourth-order valence-corrected chi connectivity index (χ4v) is 2.23. The lowest BCUT2D eigenvalue weighted by atomic mass is 9.99. The van der Waals surface area contributed by atoms with Gasteiger partial charge < -0.3 is 9.47 Å². The van der Waals surface area contributed by atoms with E-state index in [1.54, 1.807) is 18.2 Å². The molecule has 0 aliphatic carbocycles. The molecule has 0 unspecified atom stereocenters. The molecule has 1 aliphatic rings. The predicted octanol–water partition coefficient (Wildman–Crippen LogP) is 3.86. The van der Waals surface area contributed by atoms with Crippen molar-refractivity contribution in [2.75, 3.05) is 6.79 Å². The Balaban J connectivity index is 2.22.